The number of rotatable bonds is 9. The molecule has 0 saturated heterocycles. The molecule has 23 heavy (non-hydrogen) atoms. The van der Waals surface area contributed by atoms with Crippen LogP contribution in [0.1, 0.15) is 26.7 Å². The van der Waals surface area contributed by atoms with E-state index in [2.05, 4.69) is 10.1 Å². The number of anilines is 1. The SMILES string of the molecule is COC(=O)CCN(CCCOC(C)C)C(=O)Nc1ccccc1. The van der Waals surface area contributed by atoms with E-state index in [1.165, 1.54) is 7.11 Å². The highest BCUT2D eigenvalue weighted by molar-refractivity contribution is 5.89. The monoisotopic (exact) mass is 322 g/mol. The Kier molecular flexibility index (Phi) is 8.75. The Morgan fingerprint density at radius 1 is 1.17 bits per heavy atom. The molecule has 1 aromatic carbocycles. The Morgan fingerprint density at radius 2 is 1.87 bits per heavy atom. The Labute approximate surface area is 137 Å². The number of hydrogen-bond acceptors (Lipinski definition) is 4. The number of hydrogen-bond donors (Lipinski definition) is 1. The van der Waals surface area contributed by atoms with Gasteiger partial charge >= 0.3 is 12.0 Å². The van der Waals surface area contributed by atoms with Crippen LogP contribution < -0.4 is 5.32 Å². The third kappa shape index (κ3) is 8.21. The molecule has 0 heterocycles. The van der Waals surface area contributed by atoms with Gasteiger partial charge in [-0.1, -0.05) is 18.2 Å². The maximum Gasteiger partial charge on any atom is 0.321 e. The molecule has 6 nitrogen and oxygen atoms in total. The van der Waals surface area contributed by atoms with Gasteiger partial charge in [0.05, 0.1) is 19.6 Å². The molecule has 0 spiro atoms. The van der Waals surface area contributed by atoms with Crippen molar-refractivity contribution in [3.05, 3.63) is 30.3 Å². The number of carbonyl (C=O) groups is 2. The first-order valence-corrected chi connectivity index (χ1v) is 7.82. The Morgan fingerprint density at radius 3 is 2.48 bits per heavy atom. The van der Waals surface area contributed by atoms with Crippen LogP contribution in [0.5, 0.6) is 0 Å². The predicted molar refractivity (Wildman–Crippen MR) is 89.4 cm³/mol. The fourth-order valence-corrected chi connectivity index (χ4v) is 1.94. The van der Waals surface area contributed by atoms with Crippen LogP contribution in [-0.4, -0.2) is 49.8 Å². The molecule has 6 heteroatoms. The minimum absolute atomic E-state index is 0.164. The summed E-state index contributed by atoms with van der Waals surface area (Å²) in [7, 11) is 1.34. The van der Waals surface area contributed by atoms with E-state index in [1.807, 2.05) is 44.2 Å². The van der Waals surface area contributed by atoms with E-state index in [0.29, 0.717) is 26.1 Å². The number of esters is 1. The summed E-state index contributed by atoms with van der Waals surface area (Å²) < 4.78 is 10.1. The lowest BCUT2D eigenvalue weighted by Crippen LogP contribution is -2.37. The number of urea groups is 1. The van der Waals surface area contributed by atoms with Crippen LogP contribution in [0.15, 0.2) is 30.3 Å². The maximum absolute atomic E-state index is 12.4. The standard InChI is InChI=1S/C17H26N2O4/c1-14(2)23-13-7-11-19(12-10-16(20)22-3)17(21)18-15-8-5-4-6-9-15/h4-6,8-9,14H,7,10-13H2,1-3H3,(H,18,21). The molecule has 0 bridgehead atoms. The third-order valence-corrected chi connectivity index (χ3v) is 3.15. The Hall–Kier alpha value is -2.08. The highest BCUT2D eigenvalue weighted by atomic mass is 16.5. The molecule has 0 unspecified atom stereocenters. The number of carbonyl (C=O) groups excluding carboxylic acids is 2. The van der Waals surface area contributed by atoms with Crippen molar-refractivity contribution in [1.82, 2.24) is 4.90 Å². The van der Waals surface area contributed by atoms with Crippen molar-refractivity contribution < 1.29 is 19.1 Å². The number of methoxy groups -OCH3 is 1. The molecule has 2 amide bonds. The molecule has 0 atom stereocenters. The van der Waals surface area contributed by atoms with Gasteiger partial charge < -0.3 is 19.7 Å². The highest BCUT2D eigenvalue weighted by Gasteiger charge is 2.15. The van der Waals surface area contributed by atoms with Gasteiger partial charge in [0.1, 0.15) is 0 Å². The van der Waals surface area contributed by atoms with Gasteiger partial charge in [-0.15, -0.1) is 0 Å². The van der Waals surface area contributed by atoms with E-state index >= 15 is 0 Å². The zero-order valence-electron chi connectivity index (χ0n) is 14.1. The fourth-order valence-electron chi connectivity index (χ4n) is 1.94. The van der Waals surface area contributed by atoms with Gasteiger partial charge in [0.25, 0.3) is 0 Å². The zero-order chi connectivity index (χ0) is 17.1. The predicted octanol–water partition coefficient (Wildman–Crippen LogP) is 2.90. The first-order valence-electron chi connectivity index (χ1n) is 7.82. The molecular weight excluding hydrogens is 296 g/mol. The van der Waals surface area contributed by atoms with Crippen LogP contribution in [-0.2, 0) is 14.3 Å². The number of benzene rings is 1. The van der Waals surface area contributed by atoms with E-state index in [1.54, 1.807) is 4.90 Å². The molecule has 0 fully saturated rings. The number of para-hydroxylation sites is 1. The average molecular weight is 322 g/mol. The summed E-state index contributed by atoms with van der Waals surface area (Å²) in [6.07, 6.45) is 1.04. The summed E-state index contributed by atoms with van der Waals surface area (Å²) in [5, 5.41) is 2.83. The quantitative estimate of drug-likeness (QED) is 0.561. The van der Waals surface area contributed by atoms with Crippen molar-refractivity contribution in [2.75, 3.05) is 32.1 Å². The number of nitrogens with zero attached hydrogens (tertiary/aromatic N) is 1. The van der Waals surface area contributed by atoms with E-state index in [4.69, 9.17) is 4.74 Å². The van der Waals surface area contributed by atoms with Crippen LogP contribution in [0.3, 0.4) is 0 Å². The second kappa shape index (κ2) is 10.6. The van der Waals surface area contributed by atoms with Gasteiger partial charge in [0, 0.05) is 25.4 Å². The van der Waals surface area contributed by atoms with Crippen molar-refractivity contribution in [1.29, 1.82) is 0 Å². The van der Waals surface area contributed by atoms with Crippen molar-refractivity contribution in [2.24, 2.45) is 0 Å². The van der Waals surface area contributed by atoms with Crippen LogP contribution >= 0.6 is 0 Å². The highest BCUT2D eigenvalue weighted by Crippen LogP contribution is 2.08. The lowest BCUT2D eigenvalue weighted by molar-refractivity contribution is -0.140. The minimum Gasteiger partial charge on any atom is -0.469 e. The van der Waals surface area contributed by atoms with Crippen molar-refractivity contribution in [2.45, 2.75) is 32.8 Å². The molecule has 0 aliphatic heterocycles. The molecule has 0 radical (unpaired) electrons. The van der Waals surface area contributed by atoms with Crippen LogP contribution in [0.25, 0.3) is 0 Å². The zero-order valence-corrected chi connectivity index (χ0v) is 14.1. The second-order valence-corrected chi connectivity index (χ2v) is 5.38. The largest absolute Gasteiger partial charge is 0.469 e. The Bertz CT molecular complexity index is 477. The smallest absolute Gasteiger partial charge is 0.321 e. The second-order valence-electron chi connectivity index (χ2n) is 5.38. The first kappa shape index (κ1) is 19.0. The van der Waals surface area contributed by atoms with E-state index < -0.39 is 0 Å². The van der Waals surface area contributed by atoms with E-state index in [0.717, 1.165) is 5.69 Å². The molecule has 0 aliphatic rings. The first-order chi connectivity index (χ1) is 11.0. The summed E-state index contributed by atoms with van der Waals surface area (Å²) >= 11 is 0. The van der Waals surface area contributed by atoms with Crippen LogP contribution in [0, 0.1) is 0 Å². The van der Waals surface area contributed by atoms with Crippen molar-refractivity contribution in [3.63, 3.8) is 0 Å². The molecule has 0 saturated carbocycles. The fraction of sp³-hybridized carbons (Fsp3) is 0.529. The molecule has 1 N–H and O–H groups in total. The maximum atomic E-state index is 12.4. The van der Waals surface area contributed by atoms with Gasteiger partial charge in [-0.05, 0) is 32.4 Å². The number of ether oxygens (including phenoxy) is 2. The van der Waals surface area contributed by atoms with Gasteiger partial charge in [-0.25, -0.2) is 4.79 Å². The average Bonchev–Trinajstić information content (AvgIpc) is 2.54. The minimum atomic E-state index is -0.332. The van der Waals surface area contributed by atoms with Crippen LogP contribution in [0.4, 0.5) is 10.5 Å². The van der Waals surface area contributed by atoms with Gasteiger partial charge in [0.15, 0.2) is 0 Å². The summed E-state index contributed by atoms with van der Waals surface area (Å²) in [5.41, 5.74) is 0.721. The van der Waals surface area contributed by atoms with E-state index in [9.17, 15) is 9.59 Å². The molecule has 1 aromatic rings. The summed E-state index contributed by atoms with van der Waals surface area (Å²) in [4.78, 5) is 25.3. The van der Waals surface area contributed by atoms with E-state index in [-0.39, 0.29) is 24.5 Å². The summed E-state index contributed by atoms with van der Waals surface area (Å²) in [6, 6.07) is 8.99. The van der Waals surface area contributed by atoms with Crippen molar-refractivity contribution in [3.8, 4) is 0 Å². The third-order valence-electron chi connectivity index (χ3n) is 3.15. The van der Waals surface area contributed by atoms with Gasteiger partial charge in [0.2, 0.25) is 0 Å². The summed E-state index contributed by atoms with van der Waals surface area (Å²) in [5.74, 6) is -0.332. The normalized spacial score (nSPS) is 10.4. The lowest BCUT2D eigenvalue weighted by atomic mass is 10.3. The molecular formula is C17H26N2O4. The van der Waals surface area contributed by atoms with Crippen molar-refractivity contribution >= 4 is 17.7 Å². The summed E-state index contributed by atoms with van der Waals surface area (Å²) in [6.45, 7) is 5.34. The lowest BCUT2D eigenvalue weighted by Gasteiger charge is -2.23. The van der Waals surface area contributed by atoms with Gasteiger partial charge in [-0.2, -0.15) is 0 Å². The molecule has 1 rings (SSSR count). The topological polar surface area (TPSA) is 67.9 Å². The molecule has 128 valence electrons. The number of nitrogens with one attached hydrogen (secondary N) is 1. The van der Waals surface area contributed by atoms with Crippen LogP contribution in [0.2, 0.25) is 0 Å². The molecule has 0 aliphatic carbocycles. The van der Waals surface area contributed by atoms with Gasteiger partial charge in [-0.3, -0.25) is 4.79 Å². The number of amides is 2. The molecule has 0 aromatic heterocycles. The Balaban J connectivity index is 2.54.